The van der Waals surface area contributed by atoms with Gasteiger partial charge < -0.3 is 4.74 Å². The molecule has 4 amide bonds. The van der Waals surface area contributed by atoms with Crippen molar-refractivity contribution in [2.45, 2.75) is 20.3 Å². The zero-order valence-electron chi connectivity index (χ0n) is 19.4. The van der Waals surface area contributed by atoms with Gasteiger partial charge in [0.1, 0.15) is 11.3 Å². The van der Waals surface area contributed by atoms with Crippen LogP contribution in [0.4, 0.5) is 10.5 Å². The number of carbonyl (C=O) groups is 3. The summed E-state index contributed by atoms with van der Waals surface area (Å²) in [6.45, 7) is 4.02. The second-order valence-corrected chi connectivity index (χ2v) is 10.1. The number of ether oxygens (including phenoxy) is 1. The number of rotatable bonds is 6. The van der Waals surface area contributed by atoms with E-state index in [0.717, 1.165) is 25.0 Å². The van der Waals surface area contributed by atoms with Crippen molar-refractivity contribution in [3.63, 3.8) is 0 Å². The van der Waals surface area contributed by atoms with E-state index in [1.165, 1.54) is 6.08 Å². The summed E-state index contributed by atoms with van der Waals surface area (Å²) in [5.74, 6) is -0.885. The van der Waals surface area contributed by atoms with Crippen molar-refractivity contribution >= 4 is 73.1 Å². The lowest BCUT2D eigenvalue weighted by molar-refractivity contribution is -0.122. The van der Waals surface area contributed by atoms with Gasteiger partial charge in [-0.15, -0.1) is 0 Å². The summed E-state index contributed by atoms with van der Waals surface area (Å²) < 4.78 is 7.66. The molecule has 1 N–H and O–H groups in total. The molecule has 184 valence electrons. The first-order valence-corrected chi connectivity index (χ1v) is 13.0. The van der Waals surface area contributed by atoms with E-state index in [1.807, 2.05) is 37.3 Å². The van der Waals surface area contributed by atoms with Crippen molar-refractivity contribution in [2.75, 3.05) is 11.5 Å². The lowest BCUT2D eigenvalue weighted by Gasteiger charge is -2.27. The number of hydrogen-bond acceptors (Lipinski definition) is 4. The van der Waals surface area contributed by atoms with Gasteiger partial charge in [0.2, 0.25) is 0 Å². The largest absolute Gasteiger partial charge is 0.494 e. The van der Waals surface area contributed by atoms with Crippen LogP contribution in [0.2, 0.25) is 5.02 Å². The van der Waals surface area contributed by atoms with E-state index in [9.17, 15) is 14.4 Å². The van der Waals surface area contributed by atoms with Crippen LogP contribution in [0.3, 0.4) is 0 Å². The van der Waals surface area contributed by atoms with Gasteiger partial charge in [-0.25, -0.2) is 9.69 Å². The molecule has 0 atom stereocenters. The Balaban J connectivity index is 1.75. The fourth-order valence-corrected chi connectivity index (χ4v) is 5.08. The topological polar surface area (TPSA) is 75.7 Å². The van der Waals surface area contributed by atoms with Crippen LogP contribution in [-0.2, 0) is 16.0 Å². The van der Waals surface area contributed by atoms with Crippen LogP contribution in [0.25, 0.3) is 6.08 Å². The van der Waals surface area contributed by atoms with Crippen LogP contribution in [0.1, 0.15) is 29.2 Å². The zero-order valence-corrected chi connectivity index (χ0v) is 23.3. The Hall–Kier alpha value is -2.94. The molecule has 36 heavy (non-hydrogen) atoms. The maximum absolute atomic E-state index is 13.3. The number of benzene rings is 3. The molecule has 0 radical (unpaired) electrons. The van der Waals surface area contributed by atoms with Gasteiger partial charge in [0.25, 0.3) is 11.8 Å². The fourth-order valence-electron chi connectivity index (χ4n) is 3.88. The number of amides is 4. The standard InChI is InChI=1S/C27H21Br2ClN2O4/c1-3-36-24-13-16(12-21(29)18(24)14-17-7-4-5-8-20(17)28)11-19-25(33)31-27(35)32(26(19)34)23-10-6-9-22(30)15(23)2/h4-13H,3,14H2,1-2H3,(H,31,33,35)/b19-11+. The van der Waals surface area contributed by atoms with Crippen molar-refractivity contribution in [1.29, 1.82) is 0 Å². The minimum atomic E-state index is -0.826. The molecule has 3 aromatic carbocycles. The second-order valence-electron chi connectivity index (χ2n) is 8.02. The lowest BCUT2D eigenvalue weighted by Crippen LogP contribution is -2.54. The van der Waals surface area contributed by atoms with Crippen molar-refractivity contribution < 1.29 is 19.1 Å². The molecule has 3 aromatic rings. The van der Waals surface area contributed by atoms with E-state index < -0.39 is 17.8 Å². The Labute approximate surface area is 230 Å². The van der Waals surface area contributed by atoms with Gasteiger partial charge in [0.05, 0.1) is 12.3 Å². The number of imide groups is 2. The van der Waals surface area contributed by atoms with Crippen molar-refractivity contribution in [3.05, 3.63) is 96.4 Å². The predicted molar refractivity (Wildman–Crippen MR) is 147 cm³/mol. The van der Waals surface area contributed by atoms with E-state index in [1.54, 1.807) is 31.2 Å². The number of nitrogens with zero attached hydrogens (tertiary/aromatic N) is 1. The molecule has 0 unspecified atom stereocenters. The Morgan fingerprint density at radius 2 is 1.78 bits per heavy atom. The normalized spacial score (nSPS) is 14.9. The molecule has 0 saturated carbocycles. The molecule has 1 fully saturated rings. The second kappa shape index (κ2) is 11.0. The van der Waals surface area contributed by atoms with E-state index in [-0.39, 0.29) is 5.57 Å². The molecule has 1 heterocycles. The van der Waals surface area contributed by atoms with Crippen LogP contribution in [0.5, 0.6) is 5.75 Å². The molecule has 9 heteroatoms. The van der Waals surface area contributed by atoms with Gasteiger partial charge in [-0.1, -0.05) is 67.7 Å². The number of barbiturate groups is 1. The third-order valence-electron chi connectivity index (χ3n) is 5.69. The molecular weight excluding hydrogens is 612 g/mol. The van der Waals surface area contributed by atoms with Crippen LogP contribution in [-0.4, -0.2) is 24.5 Å². The fraction of sp³-hybridized carbons (Fsp3) is 0.148. The first kappa shape index (κ1) is 26.1. The van der Waals surface area contributed by atoms with Crippen molar-refractivity contribution in [2.24, 2.45) is 0 Å². The highest BCUT2D eigenvalue weighted by molar-refractivity contribution is 9.10. The first-order valence-electron chi connectivity index (χ1n) is 11.1. The van der Waals surface area contributed by atoms with E-state index in [2.05, 4.69) is 37.2 Å². The summed E-state index contributed by atoms with van der Waals surface area (Å²) in [4.78, 5) is 39.5. The molecule has 1 aliphatic heterocycles. The monoisotopic (exact) mass is 630 g/mol. The van der Waals surface area contributed by atoms with E-state index in [4.69, 9.17) is 16.3 Å². The molecule has 0 aromatic heterocycles. The smallest absolute Gasteiger partial charge is 0.335 e. The Kier molecular flexibility index (Phi) is 7.97. The number of carbonyl (C=O) groups excluding carboxylic acids is 3. The van der Waals surface area contributed by atoms with Gasteiger partial charge in [-0.2, -0.15) is 0 Å². The summed E-state index contributed by atoms with van der Waals surface area (Å²) >= 11 is 13.4. The van der Waals surface area contributed by atoms with Crippen molar-refractivity contribution in [1.82, 2.24) is 5.32 Å². The van der Waals surface area contributed by atoms with E-state index >= 15 is 0 Å². The number of nitrogens with one attached hydrogen (secondary N) is 1. The molecule has 4 rings (SSSR count). The molecule has 0 aliphatic carbocycles. The molecule has 0 spiro atoms. The average molecular weight is 633 g/mol. The number of urea groups is 1. The Morgan fingerprint density at radius 1 is 1.03 bits per heavy atom. The van der Waals surface area contributed by atoms with Crippen LogP contribution in [0.15, 0.2) is 69.1 Å². The molecule has 0 bridgehead atoms. The third kappa shape index (κ3) is 5.26. The maximum atomic E-state index is 13.3. The molecular formula is C27H21Br2ClN2O4. The van der Waals surface area contributed by atoms with Crippen molar-refractivity contribution in [3.8, 4) is 5.75 Å². The third-order valence-corrected chi connectivity index (χ3v) is 7.59. The van der Waals surface area contributed by atoms with Gasteiger partial charge in [0.15, 0.2) is 0 Å². The molecule has 6 nitrogen and oxygen atoms in total. The van der Waals surface area contributed by atoms with Crippen LogP contribution < -0.4 is 15.0 Å². The summed E-state index contributed by atoms with van der Waals surface area (Å²) in [5, 5.41) is 2.65. The number of halogens is 3. The predicted octanol–water partition coefficient (Wildman–Crippen LogP) is 6.83. The minimum Gasteiger partial charge on any atom is -0.494 e. The highest BCUT2D eigenvalue weighted by Gasteiger charge is 2.37. The van der Waals surface area contributed by atoms with Crippen LogP contribution in [0, 0.1) is 6.92 Å². The average Bonchev–Trinajstić information content (AvgIpc) is 2.83. The summed E-state index contributed by atoms with van der Waals surface area (Å²) in [6.07, 6.45) is 2.05. The number of hydrogen-bond donors (Lipinski definition) is 1. The van der Waals surface area contributed by atoms with Gasteiger partial charge >= 0.3 is 6.03 Å². The minimum absolute atomic E-state index is 0.179. The lowest BCUT2D eigenvalue weighted by atomic mass is 10.0. The maximum Gasteiger partial charge on any atom is 0.335 e. The Morgan fingerprint density at radius 3 is 2.50 bits per heavy atom. The molecule has 1 aliphatic rings. The SMILES string of the molecule is CCOc1cc(/C=C2\C(=O)NC(=O)N(c3cccc(Cl)c3C)C2=O)cc(Br)c1Cc1ccccc1Br. The zero-order chi connectivity index (χ0) is 26.0. The summed E-state index contributed by atoms with van der Waals surface area (Å²) in [5.41, 5.74) is 3.26. The highest BCUT2D eigenvalue weighted by atomic mass is 79.9. The molecule has 1 saturated heterocycles. The number of anilines is 1. The van der Waals surface area contributed by atoms with Gasteiger partial charge in [0, 0.05) is 26.0 Å². The van der Waals surface area contributed by atoms with Crippen LogP contribution >= 0.6 is 43.5 Å². The van der Waals surface area contributed by atoms with Gasteiger partial charge in [-0.05, 0) is 66.9 Å². The van der Waals surface area contributed by atoms with Gasteiger partial charge in [-0.3, -0.25) is 14.9 Å². The highest BCUT2D eigenvalue weighted by Crippen LogP contribution is 2.35. The quantitative estimate of drug-likeness (QED) is 0.239. The Bertz CT molecular complexity index is 1420. The summed E-state index contributed by atoms with van der Waals surface area (Å²) in [7, 11) is 0. The van der Waals surface area contributed by atoms with E-state index in [0.29, 0.717) is 40.6 Å². The first-order chi connectivity index (χ1) is 17.2. The summed E-state index contributed by atoms with van der Waals surface area (Å²) in [6, 6.07) is 15.6.